The van der Waals surface area contributed by atoms with Gasteiger partial charge < -0.3 is 0 Å². The highest BCUT2D eigenvalue weighted by Gasteiger charge is 1.97. The van der Waals surface area contributed by atoms with Crippen molar-refractivity contribution in [3.8, 4) is 0 Å². The minimum Gasteiger partial charge on any atom is -0.290 e. The zero-order valence-electron chi connectivity index (χ0n) is 5.77. The molecule has 0 aromatic heterocycles. The minimum atomic E-state index is -0.211. The van der Waals surface area contributed by atoms with Crippen LogP contribution in [0.1, 0.15) is 20.3 Å². The van der Waals surface area contributed by atoms with E-state index in [-0.39, 0.29) is 5.91 Å². The maximum atomic E-state index is 10.6. The van der Waals surface area contributed by atoms with Crippen molar-refractivity contribution in [1.29, 1.82) is 0 Å². The maximum Gasteiger partial charge on any atom is 0.260 e. The molecule has 0 radical (unpaired) electrons. The first kappa shape index (κ1) is 8.17. The molecule has 0 aliphatic carbocycles. The smallest absolute Gasteiger partial charge is 0.260 e. The van der Waals surface area contributed by atoms with Crippen LogP contribution >= 0.6 is 0 Å². The Kier molecular flexibility index (Phi) is 3.71. The molecule has 0 aromatic carbocycles. The van der Waals surface area contributed by atoms with E-state index in [1.165, 1.54) is 0 Å². The lowest BCUT2D eigenvalue weighted by Crippen LogP contribution is -2.30. The minimum absolute atomic E-state index is 0.211. The Labute approximate surface area is 54.9 Å². The molecule has 0 fully saturated rings. The summed E-state index contributed by atoms with van der Waals surface area (Å²) in [4.78, 5) is 10.6. The van der Waals surface area contributed by atoms with E-state index in [2.05, 4.69) is 0 Å². The second-order valence-corrected chi connectivity index (χ2v) is 1.77. The van der Waals surface area contributed by atoms with E-state index >= 15 is 0 Å². The van der Waals surface area contributed by atoms with Gasteiger partial charge in [-0.25, -0.2) is 5.84 Å². The monoisotopic (exact) mass is 128 g/mol. The lowest BCUT2D eigenvalue weighted by molar-refractivity contribution is -0.117. The van der Waals surface area contributed by atoms with E-state index in [1.807, 2.05) is 18.4 Å². The van der Waals surface area contributed by atoms with Crippen LogP contribution in [0.4, 0.5) is 0 Å². The Hall–Kier alpha value is -0.830. The largest absolute Gasteiger partial charge is 0.290 e. The quantitative estimate of drug-likeness (QED) is 0.244. The predicted molar refractivity (Wildman–Crippen MR) is 36.4 cm³/mol. The van der Waals surface area contributed by atoms with Crippen molar-refractivity contribution in [2.45, 2.75) is 20.3 Å². The summed E-state index contributed by atoms with van der Waals surface area (Å²) in [5.74, 6) is 4.65. The number of carbonyl (C=O) groups excluding carboxylic acids is 1. The number of hydrogen-bond acceptors (Lipinski definition) is 2. The highest BCUT2D eigenvalue weighted by molar-refractivity contribution is 5.92. The van der Waals surface area contributed by atoms with E-state index in [0.717, 1.165) is 6.42 Å². The summed E-state index contributed by atoms with van der Waals surface area (Å²) in [7, 11) is 0. The Morgan fingerprint density at radius 3 is 2.67 bits per heavy atom. The second-order valence-electron chi connectivity index (χ2n) is 1.77. The Morgan fingerprint density at radius 2 is 2.33 bits per heavy atom. The van der Waals surface area contributed by atoms with E-state index in [0.29, 0.717) is 5.57 Å². The molecule has 0 unspecified atom stereocenters. The SMILES string of the molecule is CC/C=C(\C)C(=O)NN. The van der Waals surface area contributed by atoms with Gasteiger partial charge in [-0.15, -0.1) is 0 Å². The van der Waals surface area contributed by atoms with Crippen LogP contribution in [0.25, 0.3) is 0 Å². The molecule has 0 saturated heterocycles. The molecule has 0 bridgehead atoms. The van der Waals surface area contributed by atoms with Crippen molar-refractivity contribution in [1.82, 2.24) is 5.43 Å². The summed E-state index contributed by atoms with van der Waals surface area (Å²) in [6.45, 7) is 3.69. The molecule has 1 amide bonds. The van der Waals surface area contributed by atoms with Gasteiger partial charge >= 0.3 is 0 Å². The molecule has 0 atom stereocenters. The molecule has 0 aliphatic heterocycles. The molecule has 3 heteroatoms. The lowest BCUT2D eigenvalue weighted by Gasteiger charge is -1.95. The van der Waals surface area contributed by atoms with Crippen LogP contribution in [-0.4, -0.2) is 5.91 Å². The summed E-state index contributed by atoms with van der Waals surface area (Å²) < 4.78 is 0. The first-order valence-corrected chi connectivity index (χ1v) is 2.90. The van der Waals surface area contributed by atoms with Gasteiger partial charge in [0.15, 0.2) is 0 Å². The van der Waals surface area contributed by atoms with Crippen molar-refractivity contribution in [3.63, 3.8) is 0 Å². The molecule has 9 heavy (non-hydrogen) atoms. The number of allylic oxidation sites excluding steroid dienone is 1. The van der Waals surface area contributed by atoms with Crippen molar-refractivity contribution >= 4 is 5.91 Å². The Balaban J connectivity index is 3.86. The van der Waals surface area contributed by atoms with Crippen molar-refractivity contribution in [2.75, 3.05) is 0 Å². The van der Waals surface area contributed by atoms with Gasteiger partial charge in [0.25, 0.3) is 5.91 Å². The molecule has 0 aliphatic rings. The number of hydrogen-bond donors (Lipinski definition) is 2. The fourth-order valence-corrected chi connectivity index (χ4v) is 0.513. The number of hydrazine groups is 1. The standard InChI is InChI=1S/C6H12N2O/c1-3-4-5(2)6(9)8-7/h4H,3,7H2,1-2H3,(H,8,9)/b5-4+. The van der Waals surface area contributed by atoms with Crippen LogP contribution < -0.4 is 11.3 Å². The molecule has 52 valence electrons. The van der Waals surface area contributed by atoms with Gasteiger partial charge in [-0.3, -0.25) is 10.2 Å². The summed E-state index contributed by atoms with van der Waals surface area (Å²) in [5, 5.41) is 0. The van der Waals surface area contributed by atoms with E-state index in [1.54, 1.807) is 6.92 Å². The van der Waals surface area contributed by atoms with Gasteiger partial charge in [0, 0.05) is 5.57 Å². The van der Waals surface area contributed by atoms with Gasteiger partial charge in [0.05, 0.1) is 0 Å². The number of amides is 1. The van der Waals surface area contributed by atoms with Gasteiger partial charge in [-0.1, -0.05) is 13.0 Å². The summed E-state index contributed by atoms with van der Waals surface area (Å²) in [6, 6.07) is 0. The Morgan fingerprint density at radius 1 is 1.78 bits per heavy atom. The molecule has 0 rings (SSSR count). The fourth-order valence-electron chi connectivity index (χ4n) is 0.513. The van der Waals surface area contributed by atoms with Crippen molar-refractivity contribution in [3.05, 3.63) is 11.6 Å². The second kappa shape index (κ2) is 4.09. The fraction of sp³-hybridized carbons (Fsp3) is 0.500. The lowest BCUT2D eigenvalue weighted by atomic mass is 10.2. The van der Waals surface area contributed by atoms with Crippen molar-refractivity contribution < 1.29 is 4.79 Å². The Bertz CT molecular complexity index is 129. The average molecular weight is 128 g/mol. The van der Waals surface area contributed by atoms with Gasteiger partial charge in [0.1, 0.15) is 0 Å². The van der Waals surface area contributed by atoms with Gasteiger partial charge in [-0.2, -0.15) is 0 Å². The first-order chi connectivity index (χ1) is 4.22. The third-order valence-corrected chi connectivity index (χ3v) is 1.000. The first-order valence-electron chi connectivity index (χ1n) is 2.90. The number of carbonyl (C=O) groups is 1. The van der Waals surface area contributed by atoms with Crippen LogP contribution in [0.15, 0.2) is 11.6 Å². The number of nitrogens with one attached hydrogen (secondary N) is 1. The molecular formula is C6H12N2O. The third-order valence-electron chi connectivity index (χ3n) is 1.000. The number of rotatable bonds is 2. The van der Waals surface area contributed by atoms with Crippen molar-refractivity contribution in [2.24, 2.45) is 5.84 Å². The van der Waals surface area contributed by atoms with Crippen LogP contribution in [0.2, 0.25) is 0 Å². The summed E-state index contributed by atoms with van der Waals surface area (Å²) in [5.41, 5.74) is 2.71. The molecule has 0 heterocycles. The molecular weight excluding hydrogens is 116 g/mol. The zero-order valence-corrected chi connectivity index (χ0v) is 5.77. The van der Waals surface area contributed by atoms with E-state index in [9.17, 15) is 4.79 Å². The predicted octanol–water partition coefficient (Wildman–Crippen LogP) is 0.333. The topological polar surface area (TPSA) is 55.1 Å². The van der Waals surface area contributed by atoms with Crippen LogP contribution in [-0.2, 0) is 4.79 Å². The van der Waals surface area contributed by atoms with Gasteiger partial charge in [-0.05, 0) is 13.3 Å². The average Bonchev–Trinajstić information content (AvgIpc) is 1.87. The third kappa shape index (κ3) is 2.87. The zero-order chi connectivity index (χ0) is 7.28. The van der Waals surface area contributed by atoms with Crippen LogP contribution in [0.5, 0.6) is 0 Å². The number of nitrogens with two attached hydrogens (primary N) is 1. The summed E-state index contributed by atoms with van der Waals surface area (Å²) >= 11 is 0. The molecule has 3 nitrogen and oxygen atoms in total. The normalized spacial score (nSPS) is 11.2. The van der Waals surface area contributed by atoms with E-state index < -0.39 is 0 Å². The molecule has 0 saturated carbocycles. The van der Waals surface area contributed by atoms with Gasteiger partial charge in [0.2, 0.25) is 0 Å². The highest BCUT2D eigenvalue weighted by atomic mass is 16.2. The molecule has 0 aromatic rings. The summed E-state index contributed by atoms with van der Waals surface area (Å²) in [6.07, 6.45) is 2.68. The van der Waals surface area contributed by atoms with Crippen LogP contribution in [0, 0.1) is 0 Å². The molecule has 3 N–H and O–H groups in total. The van der Waals surface area contributed by atoms with E-state index in [4.69, 9.17) is 5.84 Å². The highest BCUT2D eigenvalue weighted by Crippen LogP contribution is 1.92. The van der Waals surface area contributed by atoms with Crippen LogP contribution in [0.3, 0.4) is 0 Å². The molecule has 0 spiro atoms. The maximum absolute atomic E-state index is 10.6.